The van der Waals surface area contributed by atoms with Gasteiger partial charge in [-0.05, 0) is 97.4 Å². The van der Waals surface area contributed by atoms with Crippen LogP contribution in [0.2, 0.25) is 0 Å². The second kappa shape index (κ2) is 10.8. The molecule has 1 amide bonds. The molecule has 0 fully saturated rings. The lowest BCUT2D eigenvalue weighted by molar-refractivity contribution is 0.0952. The standard InChI is InChI=1S/C25H17BrI2N2O3/c26-18-8-9-23(31)20(12-18)25(32)30-29-13-15-10-21(27)24(22(28)11-15)33-14-17-6-3-5-16-4-1-2-7-19(16)17/h1-13,31H,14H2,(H,30,32)/b29-13-. The molecule has 5 nitrogen and oxygen atoms in total. The molecule has 4 aromatic rings. The van der Waals surface area contributed by atoms with Crippen LogP contribution in [0.1, 0.15) is 21.5 Å². The number of hydrogen-bond donors (Lipinski definition) is 2. The number of hydrogen-bond acceptors (Lipinski definition) is 4. The number of benzene rings is 4. The molecule has 4 aromatic carbocycles. The zero-order valence-corrected chi connectivity index (χ0v) is 23.0. The summed E-state index contributed by atoms with van der Waals surface area (Å²) in [6.45, 7) is 0.465. The molecule has 166 valence electrons. The predicted octanol–water partition coefficient (Wildman–Crippen LogP) is 6.86. The average molecular weight is 727 g/mol. The van der Waals surface area contributed by atoms with Crippen molar-refractivity contribution < 1.29 is 14.6 Å². The van der Waals surface area contributed by atoms with Gasteiger partial charge in [0.05, 0.1) is 18.9 Å². The predicted molar refractivity (Wildman–Crippen MR) is 151 cm³/mol. The molecule has 0 bridgehead atoms. The summed E-state index contributed by atoms with van der Waals surface area (Å²) in [6.07, 6.45) is 1.56. The van der Waals surface area contributed by atoms with Gasteiger partial charge in [0.1, 0.15) is 18.1 Å². The molecule has 0 atom stereocenters. The van der Waals surface area contributed by atoms with Gasteiger partial charge < -0.3 is 9.84 Å². The monoisotopic (exact) mass is 726 g/mol. The normalized spacial score (nSPS) is 11.1. The maximum Gasteiger partial charge on any atom is 0.275 e. The second-order valence-corrected chi connectivity index (χ2v) is 10.3. The summed E-state index contributed by atoms with van der Waals surface area (Å²) in [7, 11) is 0. The van der Waals surface area contributed by atoms with E-state index in [-0.39, 0.29) is 11.3 Å². The summed E-state index contributed by atoms with van der Waals surface area (Å²) in [4.78, 5) is 12.3. The van der Waals surface area contributed by atoms with Gasteiger partial charge in [0.2, 0.25) is 0 Å². The molecule has 2 N–H and O–H groups in total. The fourth-order valence-electron chi connectivity index (χ4n) is 3.28. The first kappa shape index (κ1) is 24.0. The quantitative estimate of drug-likeness (QED) is 0.130. The minimum Gasteiger partial charge on any atom is -0.507 e. The third-order valence-corrected chi connectivity index (χ3v) is 6.95. The zero-order valence-electron chi connectivity index (χ0n) is 17.1. The Morgan fingerprint density at radius 1 is 1.03 bits per heavy atom. The molecule has 4 rings (SSSR count). The van der Waals surface area contributed by atoms with E-state index in [0.717, 1.165) is 24.0 Å². The van der Waals surface area contributed by atoms with Crippen LogP contribution in [0.15, 0.2) is 82.4 Å². The molecule has 0 aromatic heterocycles. The van der Waals surface area contributed by atoms with Gasteiger partial charge in [0.15, 0.2) is 0 Å². The number of phenols is 1. The highest BCUT2D eigenvalue weighted by molar-refractivity contribution is 14.1. The van der Waals surface area contributed by atoms with Crippen LogP contribution in [0.5, 0.6) is 11.5 Å². The van der Waals surface area contributed by atoms with Crippen LogP contribution in [0, 0.1) is 7.14 Å². The van der Waals surface area contributed by atoms with Crippen molar-refractivity contribution in [1.82, 2.24) is 5.43 Å². The van der Waals surface area contributed by atoms with E-state index in [1.807, 2.05) is 30.3 Å². The van der Waals surface area contributed by atoms with Gasteiger partial charge in [-0.2, -0.15) is 5.10 Å². The van der Waals surface area contributed by atoms with Gasteiger partial charge in [-0.15, -0.1) is 0 Å². The van der Waals surface area contributed by atoms with E-state index in [2.05, 4.69) is 95.9 Å². The number of carbonyl (C=O) groups is 1. The van der Waals surface area contributed by atoms with Crippen LogP contribution in [0.3, 0.4) is 0 Å². The lowest BCUT2D eigenvalue weighted by atomic mass is 10.1. The van der Waals surface area contributed by atoms with Crippen LogP contribution in [0.25, 0.3) is 10.8 Å². The maximum absolute atomic E-state index is 12.3. The van der Waals surface area contributed by atoms with Gasteiger partial charge in [-0.1, -0.05) is 58.4 Å². The molecule has 0 saturated carbocycles. The van der Waals surface area contributed by atoms with Crippen molar-refractivity contribution in [2.45, 2.75) is 6.61 Å². The molecule has 0 spiro atoms. The Kier molecular flexibility index (Phi) is 7.86. The minimum absolute atomic E-state index is 0.109. The van der Waals surface area contributed by atoms with Crippen molar-refractivity contribution in [1.29, 1.82) is 0 Å². The molecule has 8 heteroatoms. The number of amides is 1. The molecule has 0 heterocycles. The van der Waals surface area contributed by atoms with Gasteiger partial charge in [0, 0.05) is 4.47 Å². The number of hydrazone groups is 1. The third-order valence-electron chi connectivity index (χ3n) is 4.86. The highest BCUT2D eigenvalue weighted by Crippen LogP contribution is 2.30. The summed E-state index contributed by atoms with van der Waals surface area (Å²) < 4.78 is 8.76. The number of halogens is 3. The van der Waals surface area contributed by atoms with Gasteiger partial charge in [0.25, 0.3) is 5.91 Å². The average Bonchev–Trinajstić information content (AvgIpc) is 2.80. The second-order valence-electron chi connectivity index (χ2n) is 7.10. The highest BCUT2D eigenvalue weighted by Gasteiger charge is 2.12. The van der Waals surface area contributed by atoms with Gasteiger partial charge in [-0.3, -0.25) is 4.79 Å². The summed E-state index contributed by atoms with van der Waals surface area (Å²) in [6, 6.07) is 23.0. The van der Waals surface area contributed by atoms with E-state index in [0.29, 0.717) is 11.1 Å². The van der Waals surface area contributed by atoms with E-state index in [1.165, 1.54) is 22.9 Å². The molecule has 0 aliphatic carbocycles. The Balaban J connectivity index is 1.45. The van der Waals surface area contributed by atoms with E-state index >= 15 is 0 Å². The van der Waals surface area contributed by atoms with E-state index < -0.39 is 5.91 Å². The number of carbonyl (C=O) groups excluding carboxylic acids is 1. The largest absolute Gasteiger partial charge is 0.507 e. The van der Waals surface area contributed by atoms with Crippen LogP contribution in [0.4, 0.5) is 0 Å². The van der Waals surface area contributed by atoms with Gasteiger partial charge >= 0.3 is 0 Å². The van der Waals surface area contributed by atoms with Crippen LogP contribution in [-0.2, 0) is 6.61 Å². The number of nitrogens with one attached hydrogen (secondary N) is 1. The molecular formula is C25H17BrI2N2O3. The first-order chi connectivity index (χ1) is 15.9. The van der Waals surface area contributed by atoms with Crippen molar-refractivity contribution in [2.24, 2.45) is 5.10 Å². The lowest BCUT2D eigenvalue weighted by Crippen LogP contribution is -2.17. The Morgan fingerprint density at radius 2 is 1.76 bits per heavy atom. The van der Waals surface area contributed by atoms with Crippen LogP contribution in [-0.4, -0.2) is 17.2 Å². The van der Waals surface area contributed by atoms with Crippen molar-refractivity contribution in [2.75, 3.05) is 0 Å². The summed E-state index contributed by atoms with van der Waals surface area (Å²) in [5.74, 6) is 0.205. The van der Waals surface area contributed by atoms with E-state index in [9.17, 15) is 9.90 Å². The first-order valence-electron chi connectivity index (χ1n) is 9.83. The number of fused-ring (bicyclic) bond motifs is 1. The Bertz CT molecular complexity index is 1350. The van der Waals surface area contributed by atoms with Gasteiger partial charge in [-0.25, -0.2) is 5.43 Å². The van der Waals surface area contributed by atoms with Crippen molar-refractivity contribution >= 4 is 84.0 Å². The zero-order chi connectivity index (χ0) is 23.4. The molecule has 0 unspecified atom stereocenters. The molecular weight excluding hydrogens is 710 g/mol. The highest BCUT2D eigenvalue weighted by atomic mass is 127. The fourth-order valence-corrected chi connectivity index (χ4v) is 5.76. The first-order valence-corrected chi connectivity index (χ1v) is 12.8. The topological polar surface area (TPSA) is 70.9 Å². The Hall–Kier alpha value is -2.18. The van der Waals surface area contributed by atoms with Crippen LogP contribution >= 0.6 is 61.1 Å². The number of phenolic OH excluding ortho intramolecular Hbond substituents is 1. The smallest absolute Gasteiger partial charge is 0.275 e. The molecule has 0 radical (unpaired) electrons. The van der Waals surface area contributed by atoms with Crippen molar-refractivity contribution in [3.05, 3.63) is 101 Å². The minimum atomic E-state index is -0.496. The summed E-state index contributed by atoms with van der Waals surface area (Å²) in [5, 5.41) is 16.3. The Labute approximate surface area is 226 Å². The third kappa shape index (κ3) is 5.85. The SMILES string of the molecule is O=C(N/N=C\c1cc(I)c(OCc2cccc3ccccc23)c(I)c1)c1cc(Br)ccc1O. The van der Waals surface area contributed by atoms with Crippen molar-refractivity contribution in [3.63, 3.8) is 0 Å². The van der Waals surface area contributed by atoms with E-state index in [4.69, 9.17) is 4.74 Å². The maximum atomic E-state index is 12.3. The summed E-state index contributed by atoms with van der Waals surface area (Å²) in [5.41, 5.74) is 4.54. The van der Waals surface area contributed by atoms with Crippen LogP contribution < -0.4 is 10.2 Å². The number of rotatable bonds is 6. The number of aromatic hydroxyl groups is 1. The number of ether oxygens (including phenoxy) is 1. The fraction of sp³-hybridized carbons (Fsp3) is 0.0400. The molecule has 33 heavy (non-hydrogen) atoms. The van der Waals surface area contributed by atoms with E-state index in [1.54, 1.807) is 12.3 Å². The summed E-state index contributed by atoms with van der Waals surface area (Å²) >= 11 is 7.76. The van der Waals surface area contributed by atoms with Crippen molar-refractivity contribution in [3.8, 4) is 11.5 Å². The molecule has 0 aliphatic rings. The molecule has 0 aliphatic heterocycles. The lowest BCUT2D eigenvalue weighted by Gasteiger charge is -2.13. The Morgan fingerprint density at radius 3 is 2.55 bits per heavy atom. The number of nitrogens with zero attached hydrogens (tertiary/aromatic N) is 1. The molecule has 0 saturated heterocycles.